The molecule has 0 saturated carbocycles. The minimum atomic E-state index is 0.0250. The zero-order chi connectivity index (χ0) is 11.5. The zero-order valence-corrected chi connectivity index (χ0v) is 10.0. The fraction of sp³-hybridized carbons (Fsp3) is 0.250. The van der Waals surface area contributed by atoms with Crippen LogP contribution in [-0.2, 0) is 6.42 Å². The SMILES string of the molecule is Cc1ccc(CC(=O)c2cnsn2)cc1C. The fourth-order valence-electron chi connectivity index (χ4n) is 1.48. The van der Waals surface area contributed by atoms with Crippen molar-refractivity contribution < 1.29 is 4.79 Å². The van der Waals surface area contributed by atoms with Gasteiger partial charge in [-0.15, -0.1) is 0 Å². The molecule has 1 aromatic heterocycles. The van der Waals surface area contributed by atoms with E-state index < -0.39 is 0 Å². The van der Waals surface area contributed by atoms with Crippen LogP contribution in [0.3, 0.4) is 0 Å². The standard InChI is InChI=1S/C12H12N2OS/c1-8-3-4-10(5-9(8)2)6-12(15)11-7-13-16-14-11/h3-5,7H,6H2,1-2H3. The molecule has 82 valence electrons. The number of nitrogens with zero attached hydrogens (tertiary/aromatic N) is 2. The van der Waals surface area contributed by atoms with Gasteiger partial charge in [-0.05, 0) is 30.5 Å². The monoisotopic (exact) mass is 232 g/mol. The Morgan fingerprint density at radius 3 is 2.75 bits per heavy atom. The Balaban J connectivity index is 2.15. The predicted octanol–water partition coefficient (Wildman–Crippen LogP) is 2.58. The third-order valence-electron chi connectivity index (χ3n) is 2.58. The number of aromatic nitrogens is 2. The maximum Gasteiger partial charge on any atom is 0.188 e. The maximum atomic E-state index is 11.8. The molecule has 0 aliphatic carbocycles. The van der Waals surface area contributed by atoms with Crippen molar-refractivity contribution in [1.82, 2.24) is 8.75 Å². The molecule has 0 fully saturated rings. The predicted molar refractivity (Wildman–Crippen MR) is 63.9 cm³/mol. The molecular formula is C12H12N2OS. The van der Waals surface area contributed by atoms with Crippen LogP contribution in [0, 0.1) is 13.8 Å². The summed E-state index contributed by atoms with van der Waals surface area (Å²) in [5.74, 6) is 0.0250. The molecular weight excluding hydrogens is 220 g/mol. The molecule has 1 aromatic carbocycles. The van der Waals surface area contributed by atoms with Crippen LogP contribution in [0.2, 0.25) is 0 Å². The second-order valence-corrected chi connectivity index (χ2v) is 4.37. The molecule has 2 rings (SSSR count). The average Bonchev–Trinajstić information content (AvgIpc) is 2.77. The largest absolute Gasteiger partial charge is 0.292 e. The average molecular weight is 232 g/mol. The summed E-state index contributed by atoms with van der Waals surface area (Å²) in [5, 5.41) is 0. The van der Waals surface area contributed by atoms with Crippen molar-refractivity contribution in [2.45, 2.75) is 20.3 Å². The third-order valence-corrected chi connectivity index (χ3v) is 3.06. The van der Waals surface area contributed by atoms with Gasteiger partial charge in [0.2, 0.25) is 0 Å². The number of hydrogen-bond acceptors (Lipinski definition) is 4. The second-order valence-electron chi connectivity index (χ2n) is 3.81. The van der Waals surface area contributed by atoms with Crippen molar-refractivity contribution in [2.75, 3.05) is 0 Å². The van der Waals surface area contributed by atoms with Gasteiger partial charge in [0.05, 0.1) is 17.9 Å². The third kappa shape index (κ3) is 2.33. The maximum absolute atomic E-state index is 11.8. The Morgan fingerprint density at radius 2 is 2.12 bits per heavy atom. The van der Waals surface area contributed by atoms with E-state index in [1.54, 1.807) is 0 Å². The van der Waals surface area contributed by atoms with Crippen LogP contribution in [0.4, 0.5) is 0 Å². The lowest BCUT2D eigenvalue weighted by Crippen LogP contribution is -2.04. The van der Waals surface area contributed by atoms with Crippen LogP contribution < -0.4 is 0 Å². The molecule has 0 bridgehead atoms. The van der Waals surface area contributed by atoms with E-state index in [4.69, 9.17) is 0 Å². The van der Waals surface area contributed by atoms with Crippen LogP contribution in [0.5, 0.6) is 0 Å². The Kier molecular flexibility index (Phi) is 3.10. The molecule has 0 aliphatic heterocycles. The van der Waals surface area contributed by atoms with E-state index in [9.17, 15) is 4.79 Å². The molecule has 16 heavy (non-hydrogen) atoms. The molecule has 0 aliphatic rings. The van der Waals surface area contributed by atoms with Crippen molar-refractivity contribution in [2.24, 2.45) is 0 Å². The lowest BCUT2D eigenvalue weighted by atomic mass is 10.0. The summed E-state index contributed by atoms with van der Waals surface area (Å²) >= 11 is 1.06. The quantitative estimate of drug-likeness (QED) is 0.764. The first-order valence-electron chi connectivity index (χ1n) is 5.03. The lowest BCUT2D eigenvalue weighted by Gasteiger charge is -2.03. The van der Waals surface area contributed by atoms with Gasteiger partial charge in [0.25, 0.3) is 0 Å². The number of Topliss-reactive ketones (excluding diaryl/α,β-unsaturated/α-hetero) is 1. The molecule has 0 saturated heterocycles. The van der Waals surface area contributed by atoms with E-state index in [0.29, 0.717) is 12.1 Å². The zero-order valence-electron chi connectivity index (χ0n) is 9.23. The molecule has 3 nitrogen and oxygen atoms in total. The number of carbonyl (C=O) groups excluding carboxylic acids is 1. The lowest BCUT2D eigenvalue weighted by molar-refractivity contribution is 0.0989. The molecule has 4 heteroatoms. The Morgan fingerprint density at radius 1 is 1.31 bits per heavy atom. The van der Waals surface area contributed by atoms with Crippen molar-refractivity contribution in [3.05, 3.63) is 46.8 Å². The van der Waals surface area contributed by atoms with Crippen molar-refractivity contribution >= 4 is 17.5 Å². The summed E-state index contributed by atoms with van der Waals surface area (Å²) in [7, 11) is 0. The highest BCUT2D eigenvalue weighted by molar-refractivity contribution is 6.99. The van der Waals surface area contributed by atoms with Crippen LogP contribution in [0.1, 0.15) is 27.2 Å². The van der Waals surface area contributed by atoms with Crippen molar-refractivity contribution in [3.8, 4) is 0 Å². The molecule has 0 unspecified atom stereocenters. The van der Waals surface area contributed by atoms with Crippen LogP contribution in [-0.4, -0.2) is 14.5 Å². The molecule has 0 radical (unpaired) electrons. The summed E-state index contributed by atoms with van der Waals surface area (Å²) in [6.45, 7) is 4.11. The Hall–Kier alpha value is -1.55. The van der Waals surface area contributed by atoms with Gasteiger partial charge in [0, 0.05) is 6.42 Å². The highest BCUT2D eigenvalue weighted by Gasteiger charge is 2.10. The van der Waals surface area contributed by atoms with E-state index in [0.717, 1.165) is 17.3 Å². The molecule has 0 N–H and O–H groups in total. The minimum Gasteiger partial charge on any atom is -0.292 e. The molecule has 0 amide bonds. The summed E-state index contributed by atoms with van der Waals surface area (Å²) in [5.41, 5.74) is 3.94. The highest BCUT2D eigenvalue weighted by Crippen LogP contribution is 2.12. The summed E-state index contributed by atoms with van der Waals surface area (Å²) < 4.78 is 7.76. The van der Waals surface area contributed by atoms with Gasteiger partial charge in [-0.25, -0.2) is 0 Å². The van der Waals surface area contributed by atoms with E-state index >= 15 is 0 Å². The van der Waals surface area contributed by atoms with Gasteiger partial charge < -0.3 is 0 Å². The van der Waals surface area contributed by atoms with Gasteiger partial charge in [0.15, 0.2) is 5.78 Å². The van der Waals surface area contributed by atoms with Crippen molar-refractivity contribution in [1.29, 1.82) is 0 Å². The number of aryl methyl sites for hydroxylation is 2. The highest BCUT2D eigenvalue weighted by atomic mass is 32.1. The minimum absolute atomic E-state index is 0.0250. The van der Waals surface area contributed by atoms with E-state index in [1.165, 1.54) is 17.3 Å². The van der Waals surface area contributed by atoms with E-state index in [1.807, 2.05) is 25.1 Å². The normalized spacial score (nSPS) is 10.4. The van der Waals surface area contributed by atoms with Crippen molar-refractivity contribution in [3.63, 3.8) is 0 Å². The summed E-state index contributed by atoms with van der Waals surface area (Å²) in [6, 6.07) is 6.07. The van der Waals surface area contributed by atoms with Gasteiger partial charge in [-0.3, -0.25) is 4.79 Å². The Labute approximate surface area is 98.5 Å². The van der Waals surface area contributed by atoms with Crippen LogP contribution in [0.15, 0.2) is 24.4 Å². The smallest absolute Gasteiger partial charge is 0.188 e. The summed E-state index contributed by atoms with van der Waals surface area (Å²) in [4.78, 5) is 11.8. The van der Waals surface area contributed by atoms with Crippen LogP contribution in [0.25, 0.3) is 0 Å². The number of ketones is 1. The van der Waals surface area contributed by atoms with Crippen LogP contribution >= 0.6 is 11.7 Å². The first-order valence-corrected chi connectivity index (χ1v) is 5.77. The molecule has 0 atom stereocenters. The van der Waals surface area contributed by atoms with Gasteiger partial charge >= 0.3 is 0 Å². The van der Waals surface area contributed by atoms with Gasteiger partial charge in [0.1, 0.15) is 5.69 Å². The number of benzene rings is 1. The fourth-order valence-corrected chi connectivity index (χ4v) is 1.91. The Bertz CT molecular complexity index is 506. The summed E-state index contributed by atoms with van der Waals surface area (Å²) in [6.07, 6.45) is 1.92. The number of rotatable bonds is 3. The second kappa shape index (κ2) is 4.53. The first-order chi connectivity index (χ1) is 7.66. The van der Waals surface area contributed by atoms with Gasteiger partial charge in [-0.2, -0.15) is 8.75 Å². The molecule has 2 aromatic rings. The van der Waals surface area contributed by atoms with Gasteiger partial charge in [-0.1, -0.05) is 18.2 Å². The number of carbonyl (C=O) groups is 1. The topological polar surface area (TPSA) is 42.9 Å². The number of hydrogen-bond donors (Lipinski definition) is 0. The first kappa shape index (κ1) is 11.0. The molecule has 0 spiro atoms. The van der Waals surface area contributed by atoms with E-state index in [2.05, 4.69) is 15.7 Å². The molecule has 1 heterocycles. The van der Waals surface area contributed by atoms with E-state index in [-0.39, 0.29) is 5.78 Å².